The van der Waals surface area contributed by atoms with E-state index >= 15 is 0 Å². The first-order chi connectivity index (χ1) is 9.53. The lowest BCUT2D eigenvalue weighted by molar-refractivity contribution is -0.152. The molecule has 114 valence electrons. The van der Waals surface area contributed by atoms with Crippen molar-refractivity contribution in [3.05, 3.63) is 0 Å². The Labute approximate surface area is 125 Å². The Bertz CT molecular complexity index is 373. The number of rotatable bonds is 2. The van der Waals surface area contributed by atoms with Gasteiger partial charge in [0.25, 0.3) is 0 Å². The summed E-state index contributed by atoms with van der Waals surface area (Å²) in [5.74, 6) is 1.74. The zero-order valence-electron chi connectivity index (χ0n) is 12.3. The van der Waals surface area contributed by atoms with Crippen LogP contribution < -0.4 is 0 Å². The van der Waals surface area contributed by atoms with Crippen LogP contribution in [0.2, 0.25) is 0 Å². The minimum Gasteiger partial charge on any atom is -0.481 e. The third-order valence-corrected chi connectivity index (χ3v) is 6.69. The van der Waals surface area contributed by atoms with E-state index in [2.05, 4.69) is 4.90 Å². The van der Waals surface area contributed by atoms with Gasteiger partial charge in [-0.2, -0.15) is 11.8 Å². The molecule has 20 heavy (non-hydrogen) atoms. The molecule has 1 N–H and O–H groups in total. The third-order valence-electron chi connectivity index (χ3n) is 5.47. The number of piperidine rings is 1. The summed E-state index contributed by atoms with van der Waals surface area (Å²) < 4.78 is 6.09. The standard InChI is InChI=1S/C15H25NO3S/c1-14(13(17)18)3-6-16(7-4-14)12-2-8-19-15(10-12)5-9-20-11-15/h12H,2-11H2,1H3,(H,17,18). The molecule has 3 aliphatic heterocycles. The summed E-state index contributed by atoms with van der Waals surface area (Å²) in [6, 6.07) is 0.598. The quantitative estimate of drug-likeness (QED) is 0.847. The van der Waals surface area contributed by atoms with Gasteiger partial charge in [-0.15, -0.1) is 0 Å². The largest absolute Gasteiger partial charge is 0.481 e. The highest BCUT2D eigenvalue weighted by atomic mass is 32.2. The number of carboxylic acid groups (broad SMARTS) is 1. The highest BCUT2D eigenvalue weighted by Crippen LogP contribution is 2.41. The van der Waals surface area contributed by atoms with Crippen molar-refractivity contribution >= 4 is 17.7 Å². The highest BCUT2D eigenvalue weighted by Gasteiger charge is 2.44. The molecule has 0 aromatic carbocycles. The molecule has 4 nitrogen and oxygen atoms in total. The minimum atomic E-state index is -0.632. The number of hydrogen-bond donors (Lipinski definition) is 1. The Hall–Kier alpha value is -0.260. The predicted molar refractivity (Wildman–Crippen MR) is 80.2 cm³/mol. The number of hydrogen-bond acceptors (Lipinski definition) is 4. The zero-order chi connectivity index (χ0) is 14.2. The van der Waals surface area contributed by atoms with Crippen LogP contribution in [0.3, 0.4) is 0 Å². The maximum Gasteiger partial charge on any atom is 0.309 e. The summed E-state index contributed by atoms with van der Waals surface area (Å²) >= 11 is 2.01. The molecule has 3 fully saturated rings. The lowest BCUT2D eigenvalue weighted by atomic mass is 9.79. The molecule has 0 saturated carbocycles. The molecule has 3 saturated heterocycles. The van der Waals surface area contributed by atoms with Gasteiger partial charge in [-0.1, -0.05) is 0 Å². The molecule has 3 rings (SSSR count). The van der Waals surface area contributed by atoms with Crippen molar-refractivity contribution in [2.75, 3.05) is 31.2 Å². The molecule has 2 atom stereocenters. The van der Waals surface area contributed by atoms with E-state index in [0.717, 1.165) is 51.1 Å². The van der Waals surface area contributed by atoms with Gasteiger partial charge in [-0.3, -0.25) is 4.79 Å². The summed E-state index contributed by atoms with van der Waals surface area (Å²) in [5, 5.41) is 9.32. The molecule has 0 radical (unpaired) electrons. The maximum atomic E-state index is 11.3. The Morgan fingerprint density at radius 3 is 2.70 bits per heavy atom. The molecular weight excluding hydrogens is 274 g/mol. The first-order valence-corrected chi connectivity index (χ1v) is 8.88. The molecule has 3 heterocycles. The van der Waals surface area contributed by atoms with E-state index < -0.39 is 11.4 Å². The summed E-state index contributed by atoms with van der Waals surface area (Å²) in [7, 11) is 0. The first-order valence-electron chi connectivity index (χ1n) is 7.72. The number of likely N-dealkylation sites (tertiary alicyclic amines) is 1. The SMILES string of the molecule is CC1(C(=O)O)CCN(C2CCOC3(CCSC3)C2)CC1. The van der Waals surface area contributed by atoms with Crippen LogP contribution in [0.4, 0.5) is 0 Å². The van der Waals surface area contributed by atoms with Crippen LogP contribution in [0.15, 0.2) is 0 Å². The van der Waals surface area contributed by atoms with Crippen molar-refractivity contribution in [2.24, 2.45) is 5.41 Å². The summed E-state index contributed by atoms with van der Waals surface area (Å²) in [5.41, 5.74) is -0.385. The van der Waals surface area contributed by atoms with E-state index in [4.69, 9.17) is 4.74 Å². The smallest absolute Gasteiger partial charge is 0.309 e. The highest BCUT2D eigenvalue weighted by molar-refractivity contribution is 7.99. The monoisotopic (exact) mass is 299 g/mol. The molecule has 0 bridgehead atoms. The molecule has 0 aromatic heterocycles. The van der Waals surface area contributed by atoms with Gasteiger partial charge in [0, 0.05) is 18.4 Å². The lowest BCUT2D eigenvalue weighted by Crippen LogP contribution is -2.52. The molecule has 0 amide bonds. The van der Waals surface area contributed by atoms with Crippen LogP contribution in [-0.4, -0.2) is 58.8 Å². The second-order valence-corrected chi connectivity index (χ2v) is 7.99. The molecular formula is C15H25NO3S. The molecule has 1 spiro atoms. The normalized spacial score (nSPS) is 38.1. The van der Waals surface area contributed by atoms with Crippen molar-refractivity contribution in [2.45, 2.75) is 50.7 Å². The Morgan fingerprint density at radius 2 is 2.10 bits per heavy atom. The van der Waals surface area contributed by atoms with Crippen molar-refractivity contribution in [3.63, 3.8) is 0 Å². The Kier molecular flexibility index (Phi) is 4.04. The van der Waals surface area contributed by atoms with E-state index in [1.807, 2.05) is 18.7 Å². The van der Waals surface area contributed by atoms with Crippen LogP contribution in [0.25, 0.3) is 0 Å². The fourth-order valence-corrected chi connectivity index (χ4v) is 5.15. The van der Waals surface area contributed by atoms with E-state index in [9.17, 15) is 9.90 Å². The third kappa shape index (κ3) is 2.72. The van der Waals surface area contributed by atoms with Crippen LogP contribution in [0.1, 0.15) is 39.0 Å². The average Bonchev–Trinajstić information content (AvgIpc) is 2.87. The lowest BCUT2D eigenvalue weighted by Gasteiger charge is -2.46. The van der Waals surface area contributed by atoms with Crippen LogP contribution in [0.5, 0.6) is 0 Å². The number of carbonyl (C=O) groups is 1. The van der Waals surface area contributed by atoms with Gasteiger partial charge < -0.3 is 14.7 Å². The van der Waals surface area contributed by atoms with Gasteiger partial charge in [0.1, 0.15) is 0 Å². The fourth-order valence-electron chi connectivity index (χ4n) is 3.77. The van der Waals surface area contributed by atoms with Gasteiger partial charge in [0.2, 0.25) is 0 Å². The summed E-state index contributed by atoms with van der Waals surface area (Å²) in [6.45, 7) is 4.62. The Balaban J connectivity index is 1.59. The molecule has 3 aliphatic rings. The molecule has 2 unspecified atom stereocenters. The number of ether oxygens (including phenoxy) is 1. The number of aliphatic carboxylic acids is 1. The number of thioether (sulfide) groups is 1. The van der Waals surface area contributed by atoms with Crippen molar-refractivity contribution in [1.82, 2.24) is 4.90 Å². The summed E-state index contributed by atoms with van der Waals surface area (Å²) in [6.07, 6.45) is 5.00. The van der Waals surface area contributed by atoms with Crippen molar-refractivity contribution < 1.29 is 14.6 Å². The second-order valence-electron chi connectivity index (χ2n) is 6.88. The van der Waals surface area contributed by atoms with Crippen molar-refractivity contribution in [1.29, 1.82) is 0 Å². The van der Waals surface area contributed by atoms with Crippen LogP contribution in [-0.2, 0) is 9.53 Å². The van der Waals surface area contributed by atoms with Crippen LogP contribution >= 0.6 is 11.8 Å². The summed E-state index contributed by atoms with van der Waals surface area (Å²) in [4.78, 5) is 13.8. The molecule has 0 aliphatic carbocycles. The van der Waals surface area contributed by atoms with Gasteiger partial charge in [-0.25, -0.2) is 0 Å². The van der Waals surface area contributed by atoms with Gasteiger partial charge in [0.05, 0.1) is 11.0 Å². The zero-order valence-corrected chi connectivity index (χ0v) is 13.1. The fraction of sp³-hybridized carbons (Fsp3) is 0.933. The van der Waals surface area contributed by atoms with Crippen molar-refractivity contribution in [3.8, 4) is 0 Å². The van der Waals surface area contributed by atoms with Gasteiger partial charge in [0.15, 0.2) is 0 Å². The molecule has 0 aromatic rings. The molecule has 5 heteroatoms. The second kappa shape index (κ2) is 5.50. The number of nitrogens with zero attached hydrogens (tertiary/aromatic N) is 1. The van der Waals surface area contributed by atoms with Gasteiger partial charge in [-0.05, 0) is 57.9 Å². The van der Waals surface area contributed by atoms with E-state index in [1.54, 1.807) is 0 Å². The van der Waals surface area contributed by atoms with E-state index in [1.165, 1.54) is 12.2 Å². The first kappa shape index (κ1) is 14.7. The topological polar surface area (TPSA) is 49.8 Å². The van der Waals surface area contributed by atoms with Gasteiger partial charge >= 0.3 is 5.97 Å². The van der Waals surface area contributed by atoms with Crippen LogP contribution in [0, 0.1) is 5.41 Å². The van der Waals surface area contributed by atoms with E-state index in [0.29, 0.717) is 6.04 Å². The average molecular weight is 299 g/mol. The predicted octanol–water partition coefficient (Wildman–Crippen LogP) is 2.23. The minimum absolute atomic E-state index is 0.126. The number of carboxylic acids is 1. The Morgan fingerprint density at radius 1 is 1.35 bits per heavy atom. The maximum absolute atomic E-state index is 11.3. The van der Waals surface area contributed by atoms with E-state index in [-0.39, 0.29) is 5.60 Å².